The van der Waals surface area contributed by atoms with Crippen LogP contribution in [0.2, 0.25) is 0 Å². The Labute approximate surface area is 143 Å². The number of rotatable bonds is 5. The van der Waals surface area contributed by atoms with Crippen LogP contribution in [0, 0.1) is 0 Å². The minimum Gasteiger partial charge on any atom is -0.545 e. The van der Waals surface area contributed by atoms with Crippen molar-refractivity contribution in [2.45, 2.75) is 23.1 Å². The molecule has 3 rings (SSSR count). The molecule has 0 aromatic heterocycles. The van der Waals surface area contributed by atoms with Gasteiger partial charge in [0.15, 0.2) is 0 Å². The largest absolute Gasteiger partial charge is 0.545 e. The van der Waals surface area contributed by atoms with Crippen molar-refractivity contribution in [3.8, 4) is 0 Å². The molecule has 0 aliphatic carbocycles. The number of likely N-dealkylation sites (tertiary alicyclic amines) is 1. The van der Waals surface area contributed by atoms with Crippen molar-refractivity contribution in [1.29, 1.82) is 0 Å². The molecule has 1 aliphatic rings. The summed E-state index contributed by atoms with van der Waals surface area (Å²) in [4.78, 5) is 37.5. The maximum atomic E-state index is 12.5. The second-order valence-corrected chi connectivity index (χ2v) is 6.64. The van der Waals surface area contributed by atoms with Gasteiger partial charge in [-0.05, 0) is 11.6 Å². The van der Waals surface area contributed by atoms with Gasteiger partial charge in [-0.15, -0.1) is 11.8 Å². The van der Waals surface area contributed by atoms with E-state index in [1.807, 2.05) is 30.3 Å². The maximum absolute atomic E-state index is 12.5. The summed E-state index contributed by atoms with van der Waals surface area (Å²) < 4.78 is 0. The second kappa shape index (κ2) is 6.88. The predicted molar refractivity (Wildman–Crippen MR) is 87.0 cm³/mol. The third-order valence-electron chi connectivity index (χ3n) is 3.76. The summed E-state index contributed by atoms with van der Waals surface area (Å²) in [5, 5.41) is 10.6. The van der Waals surface area contributed by atoms with Crippen molar-refractivity contribution in [2.75, 3.05) is 0 Å². The van der Waals surface area contributed by atoms with E-state index in [2.05, 4.69) is 0 Å². The van der Waals surface area contributed by atoms with Gasteiger partial charge in [0, 0.05) is 16.9 Å². The normalized spacial score (nSPS) is 17.3. The summed E-state index contributed by atoms with van der Waals surface area (Å²) in [5.74, 6) is -1.83. The Kier molecular flexibility index (Phi) is 4.66. The number of carboxylic acid groups (broad SMARTS) is 1. The van der Waals surface area contributed by atoms with Crippen LogP contribution in [0.25, 0.3) is 0 Å². The second-order valence-electron chi connectivity index (χ2n) is 5.40. The van der Waals surface area contributed by atoms with Crippen LogP contribution < -0.4 is 5.11 Å². The molecule has 2 aromatic carbocycles. The van der Waals surface area contributed by atoms with E-state index >= 15 is 0 Å². The van der Waals surface area contributed by atoms with E-state index in [1.165, 1.54) is 11.0 Å². The summed E-state index contributed by atoms with van der Waals surface area (Å²) >= 11 is 1.10. The van der Waals surface area contributed by atoms with Crippen LogP contribution in [0.4, 0.5) is 0 Å². The van der Waals surface area contributed by atoms with Crippen molar-refractivity contribution >= 4 is 29.5 Å². The highest BCUT2D eigenvalue weighted by Gasteiger charge is 2.39. The lowest BCUT2D eigenvalue weighted by Crippen LogP contribution is -2.30. The number of aromatic carboxylic acids is 1. The van der Waals surface area contributed by atoms with Gasteiger partial charge in [-0.1, -0.05) is 48.5 Å². The Morgan fingerprint density at radius 1 is 1.08 bits per heavy atom. The van der Waals surface area contributed by atoms with Crippen molar-refractivity contribution in [1.82, 2.24) is 4.90 Å². The maximum Gasteiger partial charge on any atom is 0.243 e. The lowest BCUT2D eigenvalue weighted by Gasteiger charge is -2.16. The molecule has 6 heteroatoms. The van der Waals surface area contributed by atoms with Gasteiger partial charge in [0.1, 0.15) is 0 Å². The van der Waals surface area contributed by atoms with Gasteiger partial charge >= 0.3 is 0 Å². The Hall–Kier alpha value is -2.60. The first-order valence-corrected chi connectivity index (χ1v) is 8.29. The molecule has 0 saturated carbocycles. The molecule has 1 saturated heterocycles. The number of carboxylic acids is 1. The zero-order chi connectivity index (χ0) is 17.1. The number of hydrogen-bond acceptors (Lipinski definition) is 5. The van der Waals surface area contributed by atoms with Crippen LogP contribution >= 0.6 is 11.8 Å². The van der Waals surface area contributed by atoms with Gasteiger partial charge in [-0.2, -0.15) is 0 Å². The molecule has 0 bridgehead atoms. The standard InChI is InChI=1S/C18H15NO4S/c20-16-10-15(24-14-9-5-4-8-13(14)18(22)23)17(21)19(16)11-12-6-2-1-3-7-12/h1-9,15H,10-11H2,(H,22,23)/p-1. The summed E-state index contributed by atoms with van der Waals surface area (Å²) in [7, 11) is 0. The molecule has 1 fully saturated rings. The highest BCUT2D eigenvalue weighted by atomic mass is 32.2. The summed E-state index contributed by atoms with van der Waals surface area (Å²) in [6.07, 6.45) is 0.0672. The number of carbonyl (C=O) groups excluding carboxylic acids is 3. The number of nitrogens with zero attached hydrogens (tertiary/aromatic N) is 1. The smallest absolute Gasteiger partial charge is 0.243 e. The lowest BCUT2D eigenvalue weighted by atomic mass is 10.2. The minimum atomic E-state index is -1.30. The van der Waals surface area contributed by atoms with Crippen LogP contribution in [0.15, 0.2) is 59.5 Å². The molecule has 0 spiro atoms. The van der Waals surface area contributed by atoms with Gasteiger partial charge in [0.05, 0.1) is 17.8 Å². The molecule has 1 atom stereocenters. The number of hydrogen-bond donors (Lipinski definition) is 0. The van der Waals surface area contributed by atoms with Gasteiger partial charge in [-0.25, -0.2) is 0 Å². The van der Waals surface area contributed by atoms with Crippen LogP contribution in [0.1, 0.15) is 22.3 Å². The van der Waals surface area contributed by atoms with Gasteiger partial charge in [0.25, 0.3) is 0 Å². The van der Waals surface area contributed by atoms with Crippen molar-refractivity contribution in [3.63, 3.8) is 0 Å². The average molecular weight is 340 g/mol. The number of benzene rings is 2. The van der Waals surface area contributed by atoms with E-state index in [9.17, 15) is 19.5 Å². The van der Waals surface area contributed by atoms with Gasteiger partial charge in [-0.3, -0.25) is 14.5 Å². The number of carbonyl (C=O) groups is 3. The summed E-state index contributed by atoms with van der Waals surface area (Å²) in [5.41, 5.74) is 0.907. The molecular weight excluding hydrogens is 326 g/mol. The van der Waals surface area contributed by atoms with Crippen LogP contribution in [-0.2, 0) is 16.1 Å². The fourth-order valence-corrected chi connectivity index (χ4v) is 3.76. The molecule has 2 aromatic rings. The molecule has 1 heterocycles. The van der Waals surface area contributed by atoms with Gasteiger partial charge < -0.3 is 9.90 Å². The monoisotopic (exact) mass is 340 g/mol. The zero-order valence-corrected chi connectivity index (χ0v) is 13.5. The topological polar surface area (TPSA) is 77.5 Å². The van der Waals surface area contributed by atoms with Crippen LogP contribution in [0.3, 0.4) is 0 Å². The average Bonchev–Trinajstić information content (AvgIpc) is 2.84. The van der Waals surface area contributed by atoms with Crippen molar-refractivity contribution in [2.24, 2.45) is 0 Å². The van der Waals surface area contributed by atoms with Crippen molar-refractivity contribution < 1.29 is 19.5 Å². The molecule has 2 amide bonds. The van der Waals surface area contributed by atoms with Crippen molar-refractivity contribution in [3.05, 3.63) is 65.7 Å². The fourth-order valence-electron chi connectivity index (χ4n) is 2.57. The lowest BCUT2D eigenvalue weighted by molar-refractivity contribution is -0.255. The molecule has 0 N–H and O–H groups in total. The Balaban J connectivity index is 1.76. The summed E-state index contributed by atoms with van der Waals surface area (Å²) in [6, 6.07) is 15.6. The van der Waals surface area contributed by atoms with E-state index < -0.39 is 11.2 Å². The molecule has 0 radical (unpaired) electrons. The number of thioether (sulfide) groups is 1. The molecule has 1 unspecified atom stereocenters. The SMILES string of the molecule is O=C([O-])c1ccccc1SC1CC(=O)N(Cc2ccccc2)C1=O. The van der Waals surface area contributed by atoms with E-state index in [4.69, 9.17) is 0 Å². The minimum absolute atomic E-state index is 0.0317. The fraction of sp³-hybridized carbons (Fsp3) is 0.167. The Bertz CT molecular complexity index is 791. The van der Waals surface area contributed by atoms with Crippen LogP contribution in [0.5, 0.6) is 0 Å². The zero-order valence-electron chi connectivity index (χ0n) is 12.7. The third kappa shape index (κ3) is 3.33. The number of amides is 2. The molecule has 122 valence electrons. The highest BCUT2D eigenvalue weighted by molar-refractivity contribution is 8.00. The third-order valence-corrected chi connectivity index (χ3v) is 5.02. The van der Waals surface area contributed by atoms with E-state index in [0.29, 0.717) is 4.90 Å². The first kappa shape index (κ1) is 16.3. The first-order chi connectivity index (χ1) is 11.6. The van der Waals surface area contributed by atoms with Crippen LogP contribution in [-0.4, -0.2) is 27.9 Å². The first-order valence-electron chi connectivity index (χ1n) is 7.41. The van der Waals surface area contributed by atoms with E-state index in [0.717, 1.165) is 17.3 Å². The molecular formula is C18H14NO4S-. The predicted octanol–water partition coefficient (Wildman–Crippen LogP) is 1.47. The molecule has 24 heavy (non-hydrogen) atoms. The van der Waals surface area contributed by atoms with Gasteiger partial charge in [0.2, 0.25) is 11.8 Å². The van der Waals surface area contributed by atoms with E-state index in [1.54, 1.807) is 18.2 Å². The highest BCUT2D eigenvalue weighted by Crippen LogP contribution is 2.33. The quantitative estimate of drug-likeness (QED) is 0.770. The molecule has 1 aliphatic heterocycles. The number of imide groups is 1. The summed E-state index contributed by atoms with van der Waals surface area (Å²) in [6.45, 7) is 0.234. The Morgan fingerprint density at radius 2 is 1.75 bits per heavy atom. The Morgan fingerprint density at radius 3 is 2.46 bits per heavy atom. The molecule has 5 nitrogen and oxygen atoms in total. The van der Waals surface area contributed by atoms with E-state index in [-0.39, 0.29) is 30.3 Å².